The highest BCUT2D eigenvalue weighted by Crippen LogP contribution is 2.25. The van der Waals surface area contributed by atoms with Crippen LogP contribution in [0, 0.1) is 0 Å². The fourth-order valence-electron chi connectivity index (χ4n) is 3.62. The molecule has 0 aliphatic carbocycles. The van der Waals surface area contributed by atoms with Crippen molar-refractivity contribution in [3.05, 3.63) is 42.1 Å². The van der Waals surface area contributed by atoms with E-state index in [1.165, 1.54) is 11.1 Å². The molecule has 3 amide bonds. The third-order valence-corrected chi connectivity index (χ3v) is 4.94. The van der Waals surface area contributed by atoms with Crippen molar-refractivity contribution >= 4 is 17.7 Å². The van der Waals surface area contributed by atoms with Crippen LogP contribution in [-0.2, 0) is 9.59 Å². The fraction of sp³-hybridized carbons (Fsp3) is 0.333. The molecule has 2 fully saturated rings. The van der Waals surface area contributed by atoms with Crippen molar-refractivity contribution in [1.29, 1.82) is 0 Å². The van der Waals surface area contributed by atoms with Gasteiger partial charge >= 0.3 is 0 Å². The number of aromatic amines is 1. The molecular weight excluding hydrogens is 334 g/mol. The highest BCUT2D eigenvalue weighted by Gasteiger charge is 2.45. The van der Waals surface area contributed by atoms with Gasteiger partial charge in [-0.2, -0.15) is 5.10 Å². The van der Waals surface area contributed by atoms with Gasteiger partial charge in [0.15, 0.2) is 0 Å². The Labute approximate surface area is 150 Å². The lowest BCUT2D eigenvalue weighted by molar-refractivity contribution is -0.152. The predicted octanol–water partition coefficient (Wildman–Crippen LogP) is 0.248. The predicted molar refractivity (Wildman–Crippen MR) is 93.0 cm³/mol. The van der Waals surface area contributed by atoms with Crippen LogP contribution in [0.3, 0.4) is 0 Å². The molecule has 1 aromatic heterocycles. The number of rotatable bonds is 3. The van der Waals surface area contributed by atoms with E-state index >= 15 is 0 Å². The van der Waals surface area contributed by atoms with Crippen LogP contribution in [0.1, 0.15) is 16.8 Å². The second-order valence-electron chi connectivity index (χ2n) is 6.69. The first-order valence-corrected chi connectivity index (χ1v) is 8.48. The molecule has 0 bridgehead atoms. The highest BCUT2D eigenvalue weighted by atomic mass is 16.2. The molecule has 2 aliphatic heterocycles. The van der Waals surface area contributed by atoms with Crippen LogP contribution in [0.15, 0.2) is 36.5 Å². The normalized spacial score (nSPS) is 22.5. The Morgan fingerprint density at radius 2 is 2.04 bits per heavy atom. The van der Waals surface area contributed by atoms with Crippen molar-refractivity contribution in [2.45, 2.75) is 18.5 Å². The van der Waals surface area contributed by atoms with Crippen molar-refractivity contribution in [2.75, 3.05) is 20.1 Å². The first kappa shape index (κ1) is 16.3. The summed E-state index contributed by atoms with van der Waals surface area (Å²) in [5.74, 6) is -0.424. The summed E-state index contributed by atoms with van der Waals surface area (Å²) in [6.45, 7) is 0.448. The topological polar surface area (TPSA) is 98.4 Å². The van der Waals surface area contributed by atoms with E-state index in [0.717, 1.165) is 5.56 Å². The summed E-state index contributed by atoms with van der Waals surface area (Å²) < 4.78 is 0. The number of fused-ring (bicyclic) bond motifs is 1. The highest BCUT2D eigenvalue weighted by molar-refractivity contribution is 6.00. The number of piperazine rings is 1. The maximum atomic E-state index is 12.7. The number of H-pyrrole nitrogens is 1. The summed E-state index contributed by atoms with van der Waals surface area (Å²) in [5.41, 5.74) is 1.95. The van der Waals surface area contributed by atoms with Crippen molar-refractivity contribution in [1.82, 2.24) is 25.3 Å². The number of hydrogen-bond acceptors (Lipinski definition) is 4. The molecule has 0 unspecified atom stereocenters. The summed E-state index contributed by atoms with van der Waals surface area (Å²) >= 11 is 0. The van der Waals surface area contributed by atoms with Gasteiger partial charge in [0.2, 0.25) is 11.8 Å². The third-order valence-electron chi connectivity index (χ3n) is 4.94. The first-order chi connectivity index (χ1) is 12.5. The van der Waals surface area contributed by atoms with Gasteiger partial charge in [-0.05, 0) is 6.42 Å². The van der Waals surface area contributed by atoms with E-state index in [1.54, 1.807) is 11.9 Å². The Morgan fingerprint density at radius 3 is 2.81 bits per heavy atom. The number of nitrogens with one attached hydrogen (secondary N) is 2. The van der Waals surface area contributed by atoms with Gasteiger partial charge < -0.3 is 15.1 Å². The maximum absolute atomic E-state index is 12.7. The Kier molecular flexibility index (Phi) is 3.95. The Bertz CT molecular complexity index is 863. The lowest BCUT2D eigenvalue weighted by Gasteiger charge is -2.33. The van der Waals surface area contributed by atoms with E-state index in [2.05, 4.69) is 15.5 Å². The quantitative estimate of drug-likeness (QED) is 0.826. The average molecular weight is 353 g/mol. The van der Waals surface area contributed by atoms with E-state index in [9.17, 15) is 14.4 Å². The molecule has 1 aromatic carbocycles. The smallest absolute Gasteiger partial charge is 0.255 e. The van der Waals surface area contributed by atoms with Gasteiger partial charge in [0.05, 0.1) is 24.0 Å². The van der Waals surface area contributed by atoms with Gasteiger partial charge in [-0.3, -0.25) is 19.5 Å². The molecule has 2 aliphatic rings. The van der Waals surface area contributed by atoms with Crippen LogP contribution in [0.2, 0.25) is 0 Å². The lowest BCUT2D eigenvalue weighted by Crippen LogP contribution is -2.55. The number of nitrogens with zero attached hydrogens (tertiary/aromatic N) is 3. The van der Waals surface area contributed by atoms with Crippen molar-refractivity contribution in [3.63, 3.8) is 0 Å². The zero-order valence-corrected chi connectivity index (χ0v) is 14.3. The largest absolute Gasteiger partial charge is 0.347 e. The summed E-state index contributed by atoms with van der Waals surface area (Å²) in [5, 5.41) is 9.79. The van der Waals surface area contributed by atoms with Crippen LogP contribution >= 0.6 is 0 Å². The number of aromatic nitrogens is 2. The minimum Gasteiger partial charge on any atom is -0.347 e. The van der Waals surface area contributed by atoms with Crippen molar-refractivity contribution in [3.8, 4) is 11.3 Å². The maximum Gasteiger partial charge on any atom is 0.255 e. The van der Waals surface area contributed by atoms with Gasteiger partial charge in [0.1, 0.15) is 6.04 Å². The summed E-state index contributed by atoms with van der Waals surface area (Å²) in [6, 6.07) is 8.73. The number of amides is 3. The van der Waals surface area contributed by atoms with Crippen molar-refractivity contribution in [2.24, 2.45) is 0 Å². The Morgan fingerprint density at radius 1 is 1.27 bits per heavy atom. The Hall–Kier alpha value is -3.16. The van der Waals surface area contributed by atoms with Gasteiger partial charge in [-0.1, -0.05) is 30.3 Å². The summed E-state index contributed by atoms with van der Waals surface area (Å²) in [7, 11) is 1.63. The first-order valence-electron chi connectivity index (χ1n) is 8.48. The van der Waals surface area contributed by atoms with Crippen LogP contribution < -0.4 is 5.32 Å². The molecule has 0 saturated carbocycles. The van der Waals surface area contributed by atoms with Crippen LogP contribution in [0.4, 0.5) is 0 Å². The average Bonchev–Trinajstić information content (AvgIpc) is 3.28. The number of benzene rings is 1. The minimum absolute atomic E-state index is 0.0744. The van der Waals surface area contributed by atoms with E-state index in [1.807, 2.05) is 30.3 Å². The molecule has 2 aromatic rings. The second-order valence-corrected chi connectivity index (χ2v) is 6.69. The van der Waals surface area contributed by atoms with Gasteiger partial charge in [-0.15, -0.1) is 0 Å². The van der Waals surface area contributed by atoms with Crippen LogP contribution in [0.25, 0.3) is 11.3 Å². The standard InChI is InChI=1S/C18H19N5O3/c1-22-10-15(24)23-9-12(7-14(23)18(22)26)20-17(25)13-8-19-21-16(13)11-5-3-2-4-6-11/h2-6,8,12,14H,7,9-10H2,1H3,(H,19,21)(H,20,25)/t12-,14-/m0/s1. The van der Waals surface area contributed by atoms with E-state index in [-0.39, 0.29) is 30.3 Å². The second kappa shape index (κ2) is 6.29. The Balaban J connectivity index is 1.50. The summed E-state index contributed by atoms with van der Waals surface area (Å²) in [4.78, 5) is 40.1. The van der Waals surface area contributed by atoms with E-state index in [0.29, 0.717) is 24.2 Å². The minimum atomic E-state index is -0.482. The third kappa shape index (κ3) is 2.73. The zero-order valence-electron chi connectivity index (χ0n) is 14.3. The fourth-order valence-corrected chi connectivity index (χ4v) is 3.62. The monoisotopic (exact) mass is 353 g/mol. The van der Waals surface area contributed by atoms with Gasteiger partial charge in [0, 0.05) is 25.2 Å². The number of carbonyl (C=O) groups is 3. The van der Waals surface area contributed by atoms with Gasteiger partial charge in [0.25, 0.3) is 5.91 Å². The number of hydrogen-bond donors (Lipinski definition) is 2. The molecular formula is C18H19N5O3. The summed E-state index contributed by atoms with van der Waals surface area (Å²) in [6.07, 6.45) is 1.92. The molecule has 0 radical (unpaired) electrons. The van der Waals surface area contributed by atoms with Crippen LogP contribution in [-0.4, -0.2) is 69.9 Å². The molecule has 2 saturated heterocycles. The van der Waals surface area contributed by atoms with Crippen LogP contribution in [0.5, 0.6) is 0 Å². The molecule has 3 heterocycles. The molecule has 0 spiro atoms. The van der Waals surface area contributed by atoms with E-state index < -0.39 is 6.04 Å². The number of likely N-dealkylation sites (N-methyl/N-ethyl adjacent to an activating group) is 1. The van der Waals surface area contributed by atoms with E-state index in [4.69, 9.17) is 0 Å². The molecule has 2 N–H and O–H groups in total. The van der Waals surface area contributed by atoms with Gasteiger partial charge in [-0.25, -0.2) is 0 Å². The molecule has 8 heteroatoms. The molecule has 4 rings (SSSR count). The molecule has 2 atom stereocenters. The molecule has 26 heavy (non-hydrogen) atoms. The lowest BCUT2D eigenvalue weighted by atomic mass is 10.1. The van der Waals surface area contributed by atoms with Crippen molar-refractivity contribution < 1.29 is 14.4 Å². The zero-order chi connectivity index (χ0) is 18.3. The molecule has 134 valence electrons. The molecule has 8 nitrogen and oxygen atoms in total. The SMILES string of the molecule is CN1CC(=O)N2C[C@@H](NC(=O)c3cn[nH]c3-c3ccccc3)C[C@H]2C1=O. The number of carbonyl (C=O) groups excluding carboxylic acids is 3.